The summed E-state index contributed by atoms with van der Waals surface area (Å²) in [4.78, 5) is 20.7. The molecular formula is C23H20N6OS. The molecule has 0 aliphatic heterocycles. The molecular weight excluding hydrogens is 408 g/mol. The average Bonchev–Trinajstić information content (AvgIpc) is 3.28. The molecule has 1 amide bonds. The van der Waals surface area contributed by atoms with Crippen LogP contribution >= 0.6 is 11.3 Å². The first-order valence-corrected chi connectivity index (χ1v) is 10.6. The van der Waals surface area contributed by atoms with Gasteiger partial charge in [0.25, 0.3) is 0 Å². The van der Waals surface area contributed by atoms with Gasteiger partial charge in [0.15, 0.2) is 5.13 Å². The number of thiazole rings is 1. The number of nitrogens with zero attached hydrogens (tertiary/aromatic N) is 3. The van der Waals surface area contributed by atoms with Gasteiger partial charge in [-0.25, -0.2) is 9.97 Å². The van der Waals surface area contributed by atoms with E-state index in [1.165, 1.54) is 16.9 Å². The summed E-state index contributed by atoms with van der Waals surface area (Å²) in [5.41, 5.74) is 17.5. The van der Waals surface area contributed by atoms with Crippen LogP contribution in [0.4, 0.5) is 16.8 Å². The molecule has 0 radical (unpaired) electrons. The van der Waals surface area contributed by atoms with E-state index in [-0.39, 0.29) is 0 Å². The van der Waals surface area contributed by atoms with Crippen LogP contribution in [0.25, 0.3) is 21.3 Å². The third-order valence-corrected chi connectivity index (χ3v) is 6.00. The standard InChI is InChI=1S/C23H20N6OS/c1-13-2-6-16(7-3-13)26-23-28-18-11-15(21(24)30)5-9-19(18)29(23)12-14-4-8-17-20(10-14)31-22(25)27-17/h2-11H,12H2,1H3,(H2,24,30)(H2,25,27)(H,26,28). The summed E-state index contributed by atoms with van der Waals surface area (Å²) < 4.78 is 3.13. The Hall–Kier alpha value is -3.91. The molecule has 0 unspecified atom stereocenters. The SMILES string of the molecule is Cc1ccc(Nc2nc3cc(C(N)=O)ccc3n2Cc2ccc3nc(N)sc3c2)cc1. The van der Waals surface area contributed by atoms with Crippen LogP contribution in [0.5, 0.6) is 0 Å². The van der Waals surface area contributed by atoms with Crippen molar-refractivity contribution < 1.29 is 4.79 Å². The zero-order chi connectivity index (χ0) is 21.5. The van der Waals surface area contributed by atoms with Crippen LogP contribution in [0.1, 0.15) is 21.5 Å². The number of benzene rings is 3. The summed E-state index contributed by atoms with van der Waals surface area (Å²) >= 11 is 1.47. The minimum absolute atomic E-state index is 0.431. The molecule has 0 aliphatic rings. The number of primary amides is 1. The number of hydrogen-bond acceptors (Lipinski definition) is 6. The van der Waals surface area contributed by atoms with Crippen LogP contribution in [-0.2, 0) is 6.54 Å². The van der Waals surface area contributed by atoms with Gasteiger partial charge in [0.2, 0.25) is 11.9 Å². The quantitative estimate of drug-likeness (QED) is 0.383. The lowest BCUT2D eigenvalue weighted by Gasteiger charge is -2.11. The summed E-state index contributed by atoms with van der Waals surface area (Å²) in [6.45, 7) is 2.64. The third kappa shape index (κ3) is 3.69. The predicted octanol–water partition coefficient (Wildman–Crippen LogP) is 4.43. The fourth-order valence-corrected chi connectivity index (χ4v) is 4.37. The van der Waals surface area contributed by atoms with Gasteiger partial charge >= 0.3 is 0 Å². The first kappa shape index (κ1) is 19.1. The van der Waals surface area contributed by atoms with Gasteiger partial charge in [-0.15, -0.1) is 0 Å². The van der Waals surface area contributed by atoms with Gasteiger partial charge in [-0.3, -0.25) is 4.79 Å². The molecule has 0 spiro atoms. The zero-order valence-corrected chi connectivity index (χ0v) is 17.6. The number of amides is 1. The van der Waals surface area contributed by atoms with E-state index in [0.717, 1.165) is 27.0 Å². The summed E-state index contributed by atoms with van der Waals surface area (Å²) in [6, 6.07) is 19.6. The summed E-state index contributed by atoms with van der Waals surface area (Å²) in [5.74, 6) is 0.210. The number of nitrogen functional groups attached to an aromatic ring is 1. The molecule has 7 nitrogen and oxygen atoms in total. The number of imidazole rings is 1. The highest BCUT2D eigenvalue weighted by atomic mass is 32.1. The van der Waals surface area contributed by atoms with E-state index in [4.69, 9.17) is 16.5 Å². The van der Waals surface area contributed by atoms with E-state index in [1.807, 2.05) is 49.4 Å². The Labute approximate surface area is 182 Å². The Morgan fingerprint density at radius 3 is 2.61 bits per heavy atom. The molecule has 31 heavy (non-hydrogen) atoms. The van der Waals surface area contributed by atoms with Gasteiger partial charge in [-0.05, 0) is 55.0 Å². The summed E-state index contributed by atoms with van der Waals surface area (Å²) in [6.07, 6.45) is 0. The average molecular weight is 429 g/mol. The van der Waals surface area contributed by atoms with Crippen molar-refractivity contribution in [1.82, 2.24) is 14.5 Å². The van der Waals surface area contributed by atoms with Crippen molar-refractivity contribution in [3.63, 3.8) is 0 Å². The monoisotopic (exact) mass is 428 g/mol. The minimum atomic E-state index is -0.474. The fourth-order valence-electron chi connectivity index (χ4n) is 3.57. The molecule has 5 N–H and O–H groups in total. The first-order valence-electron chi connectivity index (χ1n) is 9.75. The molecule has 0 fully saturated rings. The van der Waals surface area contributed by atoms with Crippen LogP contribution < -0.4 is 16.8 Å². The zero-order valence-electron chi connectivity index (χ0n) is 16.8. The smallest absolute Gasteiger partial charge is 0.248 e. The maximum atomic E-state index is 11.6. The maximum Gasteiger partial charge on any atom is 0.248 e. The lowest BCUT2D eigenvalue weighted by Crippen LogP contribution is -2.10. The van der Waals surface area contributed by atoms with Gasteiger partial charge in [0, 0.05) is 11.3 Å². The number of aryl methyl sites for hydroxylation is 1. The number of rotatable bonds is 5. The molecule has 8 heteroatoms. The van der Waals surface area contributed by atoms with Gasteiger partial charge in [-0.1, -0.05) is 35.1 Å². The van der Waals surface area contributed by atoms with Gasteiger partial charge in [0.1, 0.15) is 0 Å². The number of nitrogens with two attached hydrogens (primary N) is 2. The Morgan fingerprint density at radius 2 is 1.84 bits per heavy atom. The predicted molar refractivity (Wildman–Crippen MR) is 126 cm³/mol. The minimum Gasteiger partial charge on any atom is -0.375 e. The van der Waals surface area contributed by atoms with E-state index in [9.17, 15) is 4.79 Å². The van der Waals surface area contributed by atoms with Gasteiger partial charge in [0.05, 0.1) is 27.8 Å². The van der Waals surface area contributed by atoms with Gasteiger partial charge < -0.3 is 21.4 Å². The molecule has 5 rings (SSSR count). The van der Waals surface area contributed by atoms with Crippen molar-refractivity contribution in [2.24, 2.45) is 5.73 Å². The van der Waals surface area contributed by atoms with Crippen molar-refractivity contribution >= 4 is 55.3 Å². The first-order chi connectivity index (χ1) is 15.0. The van der Waals surface area contributed by atoms with Crippen molar-refractivity contribution in [1.29, 1.82) is 0 Å². The second-order valence-electron chi connectivity index (χ2n) is 7.43. The van der Waals surface area contributed by atoms with E-state index in [2.05, 4.69) is 20.9 Å². The molecule has 0 saturated carbocycles. The van der Waals surface area contributed by atoms with Gasteiger partial charge in [-0.2, -0.15) is 0 Å². The summed E-state index contributed by atoms with van der Waals surface area (Å²) in [5, 5.41) is 3.96. The maximum absolute atomic E-state index is 11.6. The van der Waals surface area contributed by atoms with E-state index < -0.39 is 5.91 Å². The number of fused-ring (bicyclic) bond motifs is 2. The van der Waals surface area contributed by atoms with Crippen LogP contribution in [0.3, 0.4) is 0 Å². The number of carbonyl (C=O) groups excluding carboxylic acids is 1. The molecule has 2 aromatic heterocycles. The number of nitrogens with one attached hydrogen (secondary N) is 1. The largest absolute Gasteiger partial charge is 0.375 e. The van der Waals surface area contributed by atoms with Crippen molar-refractivity contribution in [3.05, 3.63) is 77.4 Å². The fraction of sp³-hybridized carbons (Fsp3) is 0.0870. The molecule has 0 saturated heterocycles. The van der Waals surface area contributed by atoms with Crippen molar-refractivity contribution in [2.45, 2.75) is 13.5 Å². The summed E-state index contributed by atoms with van der Waals surface area (Å²) in [7, 11) is 0. The lowest BCUT2D eigenvalue weighted by atomic mass is 10.2. The van der Waals surface area contributed by atoms with Crippen molar-refractivity contribution in [3.8, 4) is 0 Å². The Morgan fingerprint density at radius 1 is 1.03 bits per heavy atom. The molecule has 3 aromatic carbocycles. The van der Waals surface area contributed by atoms with Crippen molar-refractivity contribution in [2.75, 3.05) is 11.1 Å². The molecule has 5 aromatic rings. The number of aromatic nitrogens is 3. The molecule has 2 heterocycles. The number of hydrogen-bond donors (Lipinski definition) is 3. The normalized spacial score (nSPS) is 11.3. The topological polar surface area (TPSA) is 112 Å². The highest BCUT2D eigenvalue weighted by Gasteiger charge is 2.14. The van der Waals surface area contributed by atoms with Crippen LogP contribution in [0.15, 0.2) is 60.7 Å². The highest BCUT2D eigenvalue weighted by molar-refractivity contribution is 7.22. The molecule has 0 bridgehead atoms. The Kier molecular flexibility index (Phi) is 4.56. The van der Waals surface area contributed by atoms with Crippen LogP contribution in [-0.4, -0.2) is 20.4 Å². The third-order valence-electron chi connectivity index (χ3n) is 5.15. The Balaban J connectivity index is 1.60. The highest BCUT2D eigenvalue weighted by Crippen LogP contribution is 2.28. The van der Waals surface area contributed by atoms with E-state index in [1.54, 1.807) is 12.1 Å². The van der Waals surface area contributed by atoms with Crippen LogP contribution in [0.2, 0.25) is 0 Å². The second kappa shape index (κ2) is 7.41. The van der Waals surface area contributed by atoms with Crippen LogP contribution in [0, 0.1) is 6.92 Å². The molecule has 154 valence electrons. The lowest BCUT2D eigenvalue weighted by molar-refractivity contribution is 0.100. The number of anilines is 3. The number of carbonyl (C=O) groups is 1. The van der Waals surface area contributed by atoms with E-state index >= 15 is 0 Å². The van der Waals surface area contributed by atoms with E-state index in [0.29, 0.717) is 28.7 Å². The Bertz CT molecular complexity index is 1430. The molecule has 0 atom stereocenters. The second-order valence-corrected chi connectivity index (χ2v) is 8.50. The molecule has 0 aliphatic carbocycles.